The second-order valence-corrected chi connectivity index (χ2v) is 7.87. The molecule has 0 bridgehead atoms. The fraction of sp³-hybridized carbons (Fsp3) is 0.391. The SMILES string of the molecule is CCN(CC(=O)Nc1cc(Cl)ccc1C#N)C1CCN(C(C)c2ccccc2)C1. The van der Waals surface area contributed by atoms with Crippen molar-refractivity contribution in [2.24, 2.45) is 0 Å². The number of rotatable bonds is 7. The molecule has 0 radical (unpaired) electrons. The molecule has 5 nitrogen and oxygen atoms in total. The van der Waals surface area contributed by atoms with E-state index in [1.54, 1.807) is 18.2 Å². The zero-order valence-corrected chi connectivity index (χ0v) is 17.7. The van der Waals surface area contributed by atoms with Crippen LogP contribution in [0.15, 0.2) is 48.5 Å². The van der Waals surface area contributed by atoms with E-state index >= 15 is 0 Å². The first-order valence-corrected chi connectivity index (χ1v) is 10.4. The summed E-state index contributed by atoms with van der Waals surface area (Å²) >= 11 is 6.01. The Kier molecular flexibility index (Phi) is 7.27. The zero-order chi connectivity index (χ0) is 20.8. The van der Waals surface area contributed by atoms with Crippen molar-refractivity contribution in [3.8, 4) is 6.07 Å². The Morgan fingerprint density at radius 3 is 2.79 bits per heavy atom. The molecule has 1 saturated heterocycles. The molecule has 3 rings (SSSR count). The third-order valence-electron chi connectivity index (χ3n) is 5.67. The van der Waals surface area contributed by atoms with Crippen molar-refractivity contribution in [1.29, 1.82) is 5.26 Å². The Balaban J connectivity index is 1.60. The van der Waals surface area contributed by atoms with Crippen LogP contribution in [0.3, 0.4) is 0 Å². The number of nitriles is 1. The largest absolute Gasteiger partial charge is 0.324 e. The summed E-state index contributed by atoms with van der Waals surface area (Å²) in [6.45, 7) is 7.38. The Hall–Kier alpha value is -2.39. The number of amides is 1. The van der Waals surface area contributed by atoms with Crippen LogP contribution >= 0.6 is 11.6 Å². The third-order valence-corrected chi connectivity index (χ3v) is 5.91. The maximum atomic E-state index is 12.6. The van der Waals surface area contributed by atoms with Gasteiger partial charge in [0.15, 0.2) is 0 Å². The van der Waals surface area contributed by atoms with Gasteiger partial charge in [-0.3, -0.25) is 14.6 Å². The summed E-state index contributed by atoms with van der Waals surface area (Å²) in [5.41, 5.74) is 2.19. The molecule has 2 atom stereocenters. The highest BCUT2D eigenvalue weighted by Crippen LogP contribution is 2.27. The van der Waals surface area contributed by atoms with E-state index < -0.39 is 0 Å². The van der Waals surface area contributed by atoms with Gasteiger partial charge in [0.05, 0.1) is 17.8 Å². The molecule has 6 heteroatoms. The molecule has 1 aliphatic heterocycles. The summed E-state index contributed by atoms with van der Waals surface area (Å²) in [4.78, 5) is 17.3. The summed E-state index contributed by atoms with van der Waals surface area (Å²) in [5.74, 6) is -0.125. The number of carbonyl (C=O) groups is 1. The molecule has 2 unspecified atom stereocenters. The number of likely N-dealkylation sites (tertiary alicyclic amines) is 1. The van der Waals surface area contributed by atoms with Crippen molar-refractivity contribution in [2.45, 2.75) is 32.4 Å². The van der Waals surface area contributed by atoms with Crippen molar-refractivity contribution in [1.82, 2.24) is 9.80 Å². The van der Waals surface area contributed by atoms with Crippen LogP contribution in [0.2, 0.25) is 5.02 Å². The molecular formula is C23H27ClN4O. The van der Waals surface area contributed by atoms with Crippen LogP contribution in [0.5, 0.6) is 0 Å². The maximum Gasteiger partial charge on any atom is 0.238 e. The number of anilines is 1. The zero-order valence-electron chi connectivity index (χ0n) is 16.9. The average molecular weight is 411 g/mol. The minimum Gasteiger partial charge on any atom is -0.324 e. The van der Waals surface area contributed by atoms with Crippen LogP contribution in [0.4, 0.5) is 5.69 Å². The number of hydrogen-bond donors (Lipinski definition) is 1. The molecule has 1 amide bonds. The van der Waals surface area contributed by atoms with Crippen molar-refractivity contribution in [2.75, 3.05) is 31.5 Å². The molecule has 1 fully saturated rings. The highest BCUT2D eigenvalue weighted by molar-refractivity contribution is 6.31. The third kappa shape index (κ3) is 5.36. The van der Waals surface area contributed by atoms with Crippen molar-refractivity contribution >= 4 is 23.2 Å². The standard InChI is InChI=1S/C23H27ClN4O/c1-3-27(16-23(29)26-22-13-20(24)10-9-19(22)14-25)21-11-12-28(15-21)17(2)18-7-5-4-6-8-18/h4-10,13,17,21H,3,11-12,15-16H2,1-2H3,(H,26,29). The summed E-state index contributed by atoms with van der Waals surface area (Å²) in [7, 11) is 0. The maximum absolute atomic E-state index is 12.6. The first-order chi connectivity index (χ1) is 14.0. The van der Waals surface area contributed by atoms with E-state index in [2.05, 4.69) is 59.3 Å². The molecular weight excluding hydrogens is 384 g/mol. The Bertz CT molecular complexity index is 880. The fourth-order valence-corrected chi connectivity index (χ4v) is 4.12. The minimum atomic E-state index is -0.125. The molecule has 1 heterocycles. The first-order valence-electron chi connectivity index (χ1n) is 10.0. The van der Waals surface area contributed by atoms with Gasteiger partial charge in [0, 0.05) is 30.2 Å². The van der Waals surface area contributed by atoms with Crippen molar-refractivity contribution in [3.63, 3.8) is 0 Å². The van der Waals surface area contributed by atoms with E-state index in [1.165, 1.54) is 5.56 Å². The predicted molar refractivity (Wildman–Crippen MR) is 117 cm³/mol. The topological polar surface area (TPSA) is 59.4 Å². The predicted octanol–water partition coefficient (Wildman–Crippen LogP) is 4.31. The molecule has 152 valence electrons. The van der Waals surface area contributed by atoms with E-state index in [1.807, 2.05) is 6.07 Å². The Labute approximate surface area is 177 Å². The van der Waals surface area contributed by atoms with Crippen LogP contribution in [-0.2, 0) is 4.79 Å². The van der Waals surface area contributed by atoms with Crippen molar-refractivity contribution in [3.05, 3.63) is 64.7 Å². The molecule has 1 aliphatic rings. The molecule has 29 heavy (non-hydrogen) atoms. The molecule has 2 aromatic carbocycles. The van der Waals surface area contributed by atoms with Gasteiger partial charge in [-0.25, -0.2) is 0 Å². The first kappa shape index (κ1) is 21.3. The summed E-state index contributed by atoms with van der Waals surface area (Å²) in [6, 6.07) is 18.2. The monoisotopic (exact) mass is 410 g/mol. The van der Waals surface area contributed by atoms with Gasteiger partial charge in [0.1, 0.15) is 6.07 Å². The minimum absolute atomic E-state index is 0.125. The molecule has 0 aliphatic carbocycles. The number of nitrogens with one attached hydrogen (secondary N) is 1. The quantitative estimate of drug-likeness (QED) is 0.738. The molecule has 2 aromatic rings. The number of hydrogen-bond acceptors (Lipinski definition) is 4. The van der Waals surface area contributed by atoms with Crippen LogP contribution in [0, 0.1) is 11.3 Å². The lowest BCUT2D eigenvalue weighted by atomic mass is 10.1. The van der Waals surface area contributed by atoms with Crippen LogP contribution in [-0.4, -0.2) is 47.9 Å². The van der Waals surface area contributed by atoms with E-state index in [4.69, 9.17) is 11.6 Å². The van der Waals surface area contributed by atoms with E-state index in [0.29, 0.717) is 34.9 Å². The van der Waals surface area contributed by atoms with Gasteiger partial charge in [-0.05, 0) is 43.7 Å². The summed E-state index contributed by atoms with van der Waals surface area (Å²) < 4.78 is 0. The van der Waals surface area contributed by atoms with Crippen LogP contribution in [0.1, 0.15) is 37.4 Å². The number of nitrogens with zero attached hydrogens (tertiary/aromatic N) is 3. The van der Waals surface area contributed by atoms with Gasteiger partial charge in [0.2, 0.25) is 5.91 Å². The number of benzene rings is 2. The Morgan fingerprint density at radius 1 is 1.34 bits per heavy atom. The highest BCUT2D eigenvalue weighted by Gasteiger charge is 2.30. The molecule has 0 aromatic heterocycles. The van der Waals surface area contributed by atoms with E-state index in [-0.39, 0.29) is 5.91 Å². The second-order valence-electron chi connectivity index (χ2n) is 7.44. The van der Waals surface area contributed by atoms with Gasteiger partial charge in [-0.15, -0.1) is 0 Å². The lowest BCUT2D eigenvalue weighted by Crippen LogP contribution is -2.42. The van der Waals surface area contributed by atoms with Gasteiger partial charge in [-0.2, -0.15) is 5.26 Å². The lowest BCUT2D eigenvalue weighted by molar-refractivity contribution is -0.117. The molecule has 0 saturated carbocycles. The number of halogens is 1. The second kappa shape index (κ2) is 9.89. The van der Waals surface area contributed by atoms with Crippen LogP contribution in [0.25, 0.3) is 0 Å². The molecule has 0 spiro atoms. The Morgan fingerprint density at radius 2 is 2.10 bits per heavy atom. The van der Waals surface area contributed by atoms with E-state index in [0.717, 1.165) is 26.1 Å². The van der Waals surface area contributed by atoms with Crippen LogP contribution < -0.4 is 5.32 Å². The van der Waals surface area contributed by atoms with Gasteiger partial charge in [-0.1, -0.05) is 48.9 Å². The fourth-order valence-electron chi connectivity index (χ4n) is 3.95. The van der Waals surface area contributed by atoms with E-state index in [9.17, 15) is 10.1 Å². The van der Waals surface area contributed by atoms with Gasteiger partial charge < -0.3 is 5.32 Å². The summed E-state index contributed by atoms with van der Waals surface area (Å²) in [5, 5.41) is 12.6. The van der Waals surface area contributed by atoms with Gasteiger partial charge >= 0.3 is 0 Å². The van der Waals surface area contributed by atoms with Crippen molar-refractivity contribution < 1.29 is 4.79 Å². The smallest absolute Gasteiger partial charge is 0.238 e. The normalized spacial score (nSPS) is 17.8. The number of carbonyl (C=O) groups excluding carboxylic acids is 1. The molecule has 1 N–H and O–H groups in total. The highest BCUT2D eigenvalue weighted by atomic mass is 35.5. The van der Waals surface area contributed by atoms with Gasteiger partial charge in [0.25, 0.3) is 0 Å². The average Bonchev–Trinajstić information content (AvgIpc) is 3.22. The summed E-state index contributed by atoms with van der Waals surface area (Å²) in [6.07, 6.45) is 1.04. The lowest BCUT2D eigenvalue weighted by Gasteiger charge is -2.29. The number of likely N-dealkylation sites (N-methyl/N-ethyl adjacent to an activating group) is 1.